The summed E-state index contributed by atoms with van der Waals surface area (Å²) < 4.78 is 6.93. The maximum atomic E-state index is 12.3. The quantitative estimate of drug-likeness (QED) is 0.859. The van der Waals surface area contributed by atoms with Crippen LogP contribution >= 0.6 is 0 Å². The lowest BCUT2D eigenvalue weighted by Crippen LogP contribution is -2.28. The van der Waals surface area contributed by atoms with Crippen LogP contribution in [0.4, 0.5) is 5.69 Å². The lowest BCUT2D eigenvalue weighted by Gasteiger charge is -2.15. The molecule has 3 rings (SSSR count). The third-order valence-electron chi connectivity index (χ3n) is 4.48. The number of anilines is 1. The number of hydrogen-bond donors (Lipinski definition) is 2. The molecule has 8 nitrogen and oxygen atoms in total. The Hall–Kier alpha value is -2.48. The van der Waals surface area contributed by atoms with Crippen LogP contribution in [0.3, 0.4) is 0 Å². The van der Waals surface area contributed by atoms with Crippen LogP contribution in [0.15, 0.2) is 18.2 Å². The van der Waals surface area contributed by atoms with Crippen molar-refractivity contribution < 1.29 is 9.53 Å². The number of carbonyl (C=O) groups is 1. The summed E-state index contributed by atoms with van der Waals surface area (Å²) >= 11 is 0. The number of nitrogens with one attached hydrogen (secondary N) is 1. The second-order valence-corrected chi connectivity index (χ2v) is 6.13. The second kappa shape index (κ2) is 6.96. The van der Waals surface area contributed by atoms with Gasteiger partial charge < -0.3 is 15.8 Å². The molecule has 0 unspecified atom stereocenters. The van der Waals surface area contributed by atoms with E-state index in [9.17, 15) is 4.79 Å². The van der Waals surface area contributed by atoms with E-state index in [2.05, 4.69) is 20.8 Å². The zero-order chi connectivity index (χ0) is 17.1. The van der Waals surface area contributed by atoms with Gasteiger partial charge in [-0.05, 0) is 54.3 Å². The fraction of sp³-hybridized carbons (Fsp3) is 0.500. The summed E-state index contributed by atoms with van der Waals surface area (Å²) in [7, 11) is 1.58. The lowest BCUT2D eigenvalue weighted by molar-refractivity contribution is -0.117. The Morgan fingerprint density at radius 3 is 2.92 bits per heavy atom. The van der Waals surface area contributed by atoms with Gasteiger partial charge in [0.2, 0.25) is 5.91 Å². The van der Waals surface area contributed by atoms with E-state index in [-0.39, 0.29) is 17.9 Å². The van der Waals surface area contributed by atoms with Gasteiger partial charge in [0.15, 0.2) is 5.82 Å². The molecule has 0 spiro atoms. The van der Waals surface area contributed by atoms with Crippen molar-refractivity contribution in [3.63, 3.8) is 0 Å². The molecule has 1 heterocycles. The van der Waals surface area contributed by atoms with Crippen molar-refractivity contribution in [3.8, 4) is 11.4 Å². The van der Waals surface area contributed by atoms with E-state index < -0.39 is 0 Å². The Bertz CT molecular complexity index is 729. The topological polar surface area (TPSA) is 108 Å². The largest absolute Gasteiger partial charge is 0.494 e. The summed E-state index contributed by atoms with van der Waals surface area (Å²) in [5, 5.41) is 14.4. The molecule has 2 atom stereocenters. The molecule has 1 amide bonds. The van der Waals surface area contributed by atoms with Gasteiger partial charge in [-0.1, -0.05) is 6.42 Å². The Kier molecular flexibility index (Phi) is 4.75. The van der Waals surface area contributed by atoms with Crippen molar-refractivity contribution in [1.82, 2.24) is 20.2 Å². The van der Waals surface area contributed by atoms with E-state index in [4.69, 9.17) is 10.5 Å². The van der Waals surface area contributed by atoms with E-state index in [1.165, 1.54) is 0 Å². The van der Waals surface area contributed by atoms with Gasteiger partial charge in [-0.25, -0.2) is 0 Å². The van der Waals surface area contributed by atoms with Gasteiger partial charge in [0.25, 0.3) is 0 Å². The molecule has 1 aromatic heterocycles. The molecule has 0 saturated heterocycles. The minimum Gasteiger partial charge on any atom is -0.494 e. The minimum atomic E-state index is -0.0260. The number of benzene rings is 1. The molecule has 0 aliphatic heterocycles. The predicted molar refractivity (Wildman–Crippen MR) is 89.0 cm³/mol. The Morgan fingerprint density at radius 2 is 2.29 bits per heavy atom. The molecule has 1 saturated carbocycles. The number of amides is 1. The number of methoxy groups -OCH3 is 1. The van der Waals surface area contributed by atoms with Crippen molar-refractivity contribution in [3.05, 3.63) is 24.0 Å². The van der Waals surface area contributed by atoms with Crippen molar-refractivity contribution in [2.24, 2.45) is 11.7 Å². The lowest BCUT2D eigenvalue weighted by atomic mass is 10.00. The second-order valence-electron chi connectivity index (χ2n) is 6.13. The summed E-state index contributed by atoms with van der Waals surface area (Å²) in [5.41, 5.74) is 7.40. The van der Waals surface area contributed by atoms with Crippen LogP contribution in [0.25, 0.3) is 5.69 Å². The van der Waals surface area contributed by atoms with E-state index in [0.717, 1.165) is 19.3 Å². The molecule has 0 radical (unpaired) electrons. The molecule has 24 heavy (non-hydrogen) atoms. The van der Waals surface area contributed by atoms with E-state index in [1.807, 2.05) is 0 Å². The molecule has 1 aromatic carbocycles. The fourth-order valence-electron chi connectivity index (χ4n) is 3.16. The Morgan fingerprint density at radius 1 is 1.46 bits per heavy atom. The third-order valence-corrected chi connectivity index (χ3v) is 4.48. The van der Waals surface area contributed by atoms with Crippen LogP contribution in [0, 0.1) is 12.8 Å². The van der Waals surface area contributed by atoms with E-state index in [1.54, 1.807) is 36.9 Å². The highest BCUT2D eigenvalue weighted by molar-refractivity contribution is 5.91. The first-order valence-electron chi connectivity index (χ1n) is 8.07. The predicted octanol–water partition coefficient (Wildman–Crippen LogP) is 1.44. The van der Waals surface area contributed by atoms with Crippen LogP contribution in [0.2, 0.25) is 0 Å². The zero-order valence-corrected chi connectivity index (χ0v) is 13.9. The van der Waals surface area contributed by atoms with Gasteiger partial charge in [-0.2, -0.15) is 4.68 Å². The molecular weight excluding hydrogens is 308 g/mol. The van der Waals surface area contributed by atoms with Crippen molar-refractivity contribution >= 4 is 11.6 Å². The number of aromatic nitrogens is 4. The Balaban J connectivity index is 1.77. The number of aryl methyl sites for hydroxylation is 1. The van der Waals surface area contributed by atoms with Crippen LogP contribution in [0.1, 0.15) is 31.5 Å². The molecule has 128 valence electrons. The molecule has 3 N–H and O–H groups in total. The zero-order valence-electron chi connectivity index (χ0n) is 13.9. The normalized spacial score (nSPS) is 20.1. The van der Waals surface area contributed by atoms with E-state index >= 15 is 0 Å². The standard InChI is InChI=1S/C16H22N6O2/c1-10-19-20-21-22(10)14-9-12(6-7-15(14)24-2)18-16(23)8-11-4-3-5-13(11)17/h6-7,9,11,13H,3-5,8,17H2,1-2H3,(H,18,23)/t11-,13+/m0/s1. The summed E-state index contributed by atoms with van der Waals surface area (Å²) in [6.07, 6.45) is 3.58. The van der Waals surface area contributed by atoms with Crippen molar-refractivity contribution in [2.45, 2.75) is 38.6 Å². The highest BCUT2D eigenvalue weighted by Gasteiger charge is 2.26. The van der Waals surface area contributed by atoms with Crippen molar-refractivity contribution in [2.75, 3.05) is 12.4 Å². The summed E-state index contributed by atoms with van der Waals surface area (Å²) in [5.74, 6) is 1.50. The van der Waals surface area contributed by atoms with Crippen LogP contribution in [-0.4, -0.2) is 39.3 Å². The first-order valence-corrected chi connectivity index (χ1v) is 8.07. The summed E-state index contributed by atoms with van der Waals surface area (Å²) in [6.45, 7) is 1.80. The van der Waals surface area contributed by atoms with Gasteiger partial charge >= 0.3 is 0 Å². The van der Waals surface area contributed by atoms with Gasteiger partial charge in [0, 0.05) is 18.2 Å². The van der Waals surface area contributed by atoms with Gasteiger partial charge in [0.05, 0.1) is 7.11 Å². The first kappa shape index (κ1) is 16.4. The van der Waals surface area contributed by atoms with Crippen molar-refractivity contribution in [1.29, 1.82) is 0 Å². The number of nitrogens with two attached hydrogens (primary N) is 1. The summed E-state index contributed by atoms with van der Waals surface area (Å²) in [6, 6.07) is 5.52. The van der Waals surface area contributed by atoms with Gasteiger partial charge in [0.1, 0.15) is 11.4 Å². The third kappa shape index (κ3) is 3.38. The van der Waals surface area contributed by atoms with Crippen LogP contribution in [0.5, 0.6) is 5.75 Å². The maximum absolute atomic E-state index is 12.3. The van der Waals surface area contributed by atoms with Gasteiger partial charge in [-0.3, -0.25) is 4.79 Å². The minimum absolute atomic E-state index is 0.0260. The number of nitrogens with zero attached hydrogens (tertiary/aromatic N) is 4. The molecule has 2 aromatic rings. The molecule has 1 aliphatic rings. The average molecular weight is 330 g/mol. The number of ether oxygens (including phenoxy) is 1. The molecule has 1 aliphatic carbocycles. The average Bonchev–Trinajstić information content (AvgIpc) is 3.16. The SMILES string of the molecule is COc1ccc(NC(=O)C[C@@H]2CCC[C@H]2N)cc1-n1nnnc1C. The molecule has 0 bridgehead atoms. The molecule has 1 fully saturated rings. The maximum Gasteiger partial charge on any atom is 0.224 e. The monoisotopic (exact) mass is 330 g/mol. The fourth-order valence-corrected chi connectivity index (χ4v) is 3.16. The molecular formula is C16H22N6O2. The smallest absolute Gasteiger partial charge is 0.224 e. The van der Waals surface area contributed by atoms with Crippen LogP contribution in [-0.2, 0) is 4.79 Å². The number of hydrogen-bond acceptors (Lipinski definition) is 6. The Labute approximate surface area is 140 Å². The number of carbonyl (C=O) groups excluding carboxylic acids is 1. The highest BCUT2D eigenvalue weighted by Crippen LogP contribution is 2.29. The summed E-state index contributed by atoms with van der Waals surface area (Å²) in [4.78, 5) is 12.3. The highest BCUT2D eigenvalue weighted by atomic mass is 16.5. The number of rotatable bonds is 5. The number of tetrazole rings is 1. The van der Waals surface area contributed by atoms with Crippen LogP contribution < -0.4 is 15.8 Å². The van der Waals surface area contributed by atoms with E-state index in [0.29, 0.717) is 29.4 Å². The molecule has 8 heteroatoms. The van der Waals surface area contributed by atoms with Gasteiger partial charge in [-0.15, -0.1) is 5.10 Å². The first-order chi connectivity index (χ1) is 11.6.